The van der Waals surface area contributed by atoms with Crippen LogP contribution >= 0.6 is 0 Å². The molecule has 2 N–H and O–H groups in total. The number of hydrogen-bond donors (Lipinski definition) is 2. The predicted octanol–water partition coefficient (Wildman–Crippen LogP) is 5.62. The SMILES string of the molecule is COC(=O)CN(c1cc(C(C)(C)C)cc(NC(=O)Nc2ccc(-c3ccc(CN4CCOCC4)nc3)c3ccccc23)c1OC)S(C)(=O)=O. The number of nitrogens with zero attached hydrogens (tertiary/aromatic N) is 3. The first-order chi connectivity index (χ1) is 23.3. The van der Waals surface area contributed by atoms with E-state index in [0.717, 1.165) is 71.0 Å². The summed E-state index contributed by atoms with van der Waals surface area (Å²) in [7, 11) is -1.41. The highest BCUT2D eigenvalue weighted by Gasteiger charge is 2.29. The Morgan fingerprint density at radius 2 is 1.65 bits per heavy atom. The van der Waals surface area contributed by atoms with Gasteiger partial charge in [-0.1, -0.05) is 57.2 Å². The van der Waals surface area contributed by atoms with Crippen molar-refractivity contribution < 1.29 is 32.2 Å². The molecule has 3 aromatic carbocycles. The van der Waals surface area contributed by atoms with Crippen LogP contribution in [0.3, 0.4) is 0 Å². The Kier molecular flexibility index (Phi) is 10.8. The number of methoxy groups -OCH3 is 2. The Hall–Kier alpha value is -4.72. The van der Waals surface area contributed by atoms with Gasteiger partial charge in [0.15, 0.2) is 5.75 Å². The number of ether oxygens (including phenoxy) is 3. The molecular weight excluding hydrogens is 646 g/mol. The average molecular weight is 690 g/mol. The van der Waals surface area contributed by atoms with E-state index in [4.69, 9.17) is 19.2 Å². The van der Waals surface area contributed by atoms with Gasteiger partial charge in [0.05, 0.1) is 56.4 Å². The number of rotatable bonds is 10. The van der Waals surface area contributed by atoms with Gasteiger partial charge >= 0.3 is 12.0 Å². The molecule has 1 saturated heterocycles. The van der Waals surface area contributed by atoms with Crippen molar-refractivity contribution in [3.8, 4) is 16.9 Å². The minimum Gasteiger partial charge on any atom is -0.492 e. The normalized spacial score (nSPS) is 13.9. The van der Waals surface area contributed by atoms with Crippen LogP contribution in [0.25, 0.3) is 21.9 Å². The predicted molar refractivity (Wildman–Crippen MR) is 192 cm³/mol. The molecular formula is C36H43N5O7S. The van der Waals surface area contributed by atoms with Gasteiger partial charge in [-0.05, 0) is 46.2 Å². The topological polar surface area (TPSA) is 139 Å². The molecule has 0 spiro atoms. The molecule has 4 aromatic rings. The molecule has 0 radical (unpaired) electrons. The number of esters is 1. The number of amides is 2. The fourth-order valence-corrected chi connectivity index (χ4v) is 6.54. The van der Waals surface area contributed by atoms with Crippen molar-refractivity contribution in [1.29, 1.82) is 0 Å². The summed E-state index contributed by atoms with van der Waals surface area (Å²) in [4.78, 5) is 32.9. The highest BCUT2D eigenvalue weighted by Crippen LogP contribution is 2.42. The minimum absolute atomic E-state index is 0.0715. The molecule has 1 aromatic heterocycles. The van der Waals surface area contributed by atoms with Crippen LogP contribution < -0.4 is 19.7 Å². The van der Waals surface area contributed by atoms with Crippen molar-refractivity contribution in [2.75, 3.05) is 68.3 Å². The molecule has 49 heavy (non-hydrogen) atoms. The minimum atomic E-state index is -3.96. The lowest BCUT2D eigenvalue weighted by Gasteiger charge is -2.28. The molecule has 12 nitrogen and oxygen atoms in total. The highest BCUT2D eigenvalue weighted by atomic mass is 32.2. The number of carbonyl (C=O) groups is 2. The summed E-state index contributed by atoms with van der Waals surface area (Å²) >= 11 is 0. The molecule has 5 rings (SSSR count). The van der Waals surface area contributed by atoms with E-state index < -0.39 is 34.0 Å². The third-order valence-electron chi connectivity index (χ3n) is 8.35. The highest BCUT2D eigenvalue weighted by molar-refractivity contribution is 7.92. The number of pyridine rings is 1. The van der Waals surface area contributed by atoms with E-state index in [1.807, 2.05) is 69.4 Å². The van der Waals surface area contributed by atoms with Crippen LogP contribution in [0.2, 0.25) is 0 Å². The van der Waals surface area contributed by atoms with Gasteiger partial charge in [0.1, 0.15) is 6.54 Å². The first-order valence-corrected chi connectivity index (χ1v) is 17.8. The van der Waals surface area contributed by atoms with Gasteiger partial charge in [-0.2, -0.15) is 0 Å². The Morgan fingerprint density at radius 1 is 0.959 bits per heavy atom. The maximum absolute atomic E-state index is 13.6. The van der Waals surface area contributed by atoms with Crippen molar-refractivity contribution >= 4 is 49.9 Å². The van der Waals surface area contributed by atoms with Gasteiger partial charge in [0.25, 0.3) is 0 Å². The van der Waals surface area contributed by atoms with E-state index in [1.54, 1.807) is 12.1 Å². The van der Waals surface area contributed by atoms with Crippen LogP contribution in [0.4, 0.5) is 21.9 Å². The summed E-state index contributed by atoms with van der Waals surface area (Å²) in [5.74, 6) is -0.682. The van der Waals surface area contributed by atoms with Crippen molar-refractivity contribution in [2.45, 2.75) is 32.7 Å². The van der Waals surface area contributed by atoms with Crippen LogP contribution in [0, 0.1) is 0 Å². The van der Waals surface area contributed by atoms with Crippen molar-refractivity contribution in [1.82, 2.24) is 9.88 Å². The van der Waals surface area contributed by atoms with Gasteiger partial charge in [0.2, 0.25) is 10.0 Å². The van der Waals surface area contributed by atoms with E-state index in [9.17, 15) is 18.0 Å². The molecule has 2 heterocycles. The van der Waals surface area contributed by atoms with E-state index in [0.29, 0.717) is 11.3 Å². The van der Waals surface area contributed by atoms with Crippen molar-refractivity contribution in [2.24, 2.45) is 0 Å². The lowest BCUT2D eigenvalue weighted by molar-refractivity contribution is -0.138. The number of morpholine rings is 1. The van der Waals surface area contributed by atoms with Gasteiger partial charge in [0, 0.05) is 36.8 Å². The molecule has 1 fully saturated rings. The smallest absolute Gasteiger partial charge is 0.326 e. The molecule has 1 aliphatic heterocycles. The number of nitrogens with one attached hydrogen (secondary N) is 2. The van der Waals surface area contributed by atoms with Gasteiger partial charge in [-0.3, -0.25) is 19.0 Å². The summed E-state index contributed by atoms with van der Waals surface area (Å²) in [6.07, 6.45) is 2.87. The number of benzene rings is 3. The Morgan fingerprint density at radius 3 is 2.27 bits per heavy atom. The Bertz CT molecular complexity index is 1940. The largest absolute Gasteiger partial charge is 0.492 e. The van der Waals surface area contributed by atoms with Crippen LogP contribution in [0.15, 0.2) is 66.9 Å². The zero-order valence-electron chi connectivity index (χ0n) is 28.7. The standard InChI is InChI=1S/C36H43N5O7S/c1-36(2,3)25-19-31(34(47-5)32(20-25)41(49(6,44)45)23-33(42)46-4)39-35(43)38-30-14-13-27(28-9-7-8-10-29(28)30)24-11-12-26(37-21-24)22-40-15-17-48-18-16-40/h7-14,19-21H,15-18,22-23H2,1-6H3,(H2,38,39,43). The van der Waals surface area contributed by atoms with E-state index in [-0.39, 0.29) is 17.1 Å². The molecule has 0 saturated carbocycles. The first kappa shape index (κ1) is 35.6. The zero-order valence-corrected chi connectivity index (χ0v) is 29.5. The summed E-state index contributed by atoms with van der Waals surface area (Å²) in [5, 5.41) is 7.56. The van der Waals surface area contributed by atoms with Gasteiger partial charge in [-0.25, -0.2) is 13.2 Å². The number of sulfonamides is 1. The number of hydrogen-bond acceptors (Lipinski definition) is 9. The maximum atomic E-state index is 13.6. The maximum Gasteiger partial charge on any atom is 0.326 e. The summed E-state index contributed by atoms with van der Waals surface area (Å²) in [5.41, 5.74) is 4.06. The fraction of sp³-hybridized carbons (Fsp3) is 0.361. The Balaban J connectivity index is 1.45. The Labute approximate surface area is 287 Å². The second-order valence-corrected chi connectivity index (χ2v) is 14.8. The second-order valence-electron chi connectivity index (χ2n) is 12.9. The van der Waals surface area contributed by atoms with E-state index in [2.05, 4.69) is 21.6 Å². The lowest BCUT2D eigenvalue weighted by atomic mass is 9.86. The van der Waals surface area contributed by atoms with E-state index >= 15 is 0 Å². The zero-order chi connectivity index (χ0) is 35.3. The second kappa shape index (κ2) is 14.8. The van der Waals surface area contributed by atoms with Crippen LogP contribution in [-0.2, 0) is 36.3 Å². The summed E-state index contributed by atoms with van der Waals surface area (Å²) in [6, 6.07) is 18.5. The van der Waals surface area contributed by atoms with Crippen molar-refractivity contribution in [3.63, 3.8) is 0 Å². The van der Waals surface area contributed by atoms with Crippen molar-refractivity contribution in [3.05, 3.63) is 78.1 Å². The first-order valence-electron chi connectivity index (χ1n) is 15.9. The molecule has 13 heteroatoms. The average Bonchev–Trinajstić information content (AvgIpc) is 3.07. The van der Waals surface area contributed by atoms with Crippen LogP contribution in [-0.4, -0.2) is 83.6 Å². The number of anilines is 3. The summed E-state index contributed by atoms with van der Waals surface area (Å²) in [6.45, 7) is 9.30. The number of aromatic nitrogens is 1. The molecule has 2 amide bonds. The third kappa shape index (κ3) is 8.48. The third-order valence-corrected chi connectivity index (χ3v) is 9.48. The monoisotopic (exact) mass is 689 g/mol. The summed E-state index contributed by atoms with van der Waals surface area (Å²) < 4.78 is 42.6. The van der Waals surface area contributed by atoms with Gasteiger partial charge in [-0.15, -0.1) is 0 Å². The number of urea groups is 1. The molecule has 0 aliphatic carbocycles. The van der Waals surface area contributed by atoms with E-state index in [1.165, 1.54) is 14.2 Å². The lowest BCUT2D eigenvalue weighted by Crippen LogP contribution is -2.36. The molecule has 0 bridgehead atoms. The van der Waals surface area contributed by atoms with Crippen LogP contribution in [0.5, 0.6) is 5.75 Å². The molecule has 0 atom stereocenters. The molecule has 1 aliphatic rings. The number of fused-ring (bicyclic) bond motifs is 1. The number of carbonyl (C=O) groups excluding carboxylic acids is 2. The molecule has 0 unspecified atom stereocenters. The quantitative estimate of drug-likeness (QED) is 0.203. The fourth-order valence-electron chi connectivity index (χ4n) is 5.70. The molecule has 260 valence electrons. The van der Waals surface area contributed by atoms with Gasteiger partial charge < -0.3 is 24.8 Å². The van der Waals surface area contributed by atoms with Crippen LogP contribution in [0.1, 0.15) is 32.0 Å².